The summed E-state index contributed by atoms with van der Waals surface area (Å²) < 4.78 is 33.4. The van der Waals surface area contributed by atoms with Gasteiger partial charge >= 0.3 is 10.2 Å². The molecule has 0 amide bonds. The topological polar surface area (TPSA) is 95.4 Å². The van der Waals surface area contributed by atoms with Crippen LogP contribution in [-0.4, -0.2) is 58.3 Å². The predicted octanol–water partition coefficient (Wildman–Crippen LogP) is 1.70. The molecular weight excluding hydrogens is 378 g/mol. The zero-order valence-corrected chi connectivity index (χ0v) is 17.2. The lowest BCUT2D eigenvalue weighted by Gasteiger charge is -2.20. The molecule has 0 aliphatic carbocycles. The number of nitrogens with zero attached hydrogens (tertiary/aromatic N) is 3. The highest BCUT2D eigenvalue weighted by atomic mass is 32.2. The molecule has 0 aromatic heterocycles. The van der Waals surface area contributed by atoms with Crippen molar-refractivity contribution in [3.8, 4) is 5.75 Å². The van der Waals surface area contributed by atoms with E-state index in [0.29, 0.717) is 19.6 Å². The number of amidine groups is 2. The van der Waals surface area contributed by atoms with Crippen LogP contribution in [0.4, 0.5) is 0 Å². The maximum atomic E-state index is 11.5. The Morgan fingerprint density at radius 1 is 1.11 bits per heavy atom. The Morgan fingerprint density at radius 2 is 1.86 bits per heavy atom. The van der Waals surface area contributed by atoms with Gasteiger partial charge in [0.1, 0.15) is 5.75 Å². The summed E-state index contributed by atoms with van der Waals surface area (Å²) >= 11 is 0. The molecule has 2 heterocycles. The number of rotatable bonds is 7. The standard InChI is InChI=1S/C19H29N5O3S/c1-20-18-19(23-28(25,26)22-18)21-10-7-13-27-17-9-6-8-16(14-17)15-24-11-4-2-3-5-12-24/h6,8-9,14H,2-5,7,10-13,15H2,1H3,(H,20,22)(H,21,23). The molecule has 154 valence electrons. The van der Waals surface area contributed by atoms with Gasteiger partial charge in [0.25, 0.3) is 0 Å². The number of hydrogen-bond acceptors (Lipinski definition) is 6. The van der Waals surface area contributed by atoms with Crippen molar-refractivity contribution in [2.75, 3.05) is 33.3 Å². The van der Waals surface area contributed by atoms with E-state index in [1.165, 1.54) is 51.4 Å². The zero-order valence-electron chi connectivity index (χ0n) is 16.4. The van der Waals surface area contributed by atoms with Gasteiger partial charge in [-0.3, -0.25) is 14.9 Å². The van der Waals surface area contributed by atoms with Crippen molar-refractivity contribution in [3.63, 3.8) is 0 Å². The van der Waals surface area contributed by atoms with Gasteiger partial charge in [-0.1, -0.05) is 25.0 Å². The summed E-state index contributed by atoms with van der Waals surface area (Å²) in [6.07, 6.45) is 5.93. The summed E-state index contributed by atoms with van der Waals surface area (Å²) in [5, 5.41) is 0. The van der Waals surface area contributed by atoms with Crippen LogP contribution in [0.1, 0.15) is 37.7 Å². The van der Waals surface area contributed by atoms with Crippen LogP contribution < -0.4 is 14.2 Å². The van der Waals surface area contributed by atoms with Gasteiger partial charge in [0.15, 0.2) is 11.7 Å². The molecule has 0 atom stereocenters. The van der Waals surface area contributed by atoms with Crippen molar-refractivity contribution < 1.29 is 13.2 Å². The number of likely N-dealkylation sites (tertiary alicyclic amines) is 1. The van der Waals surface area contributed by atoms with Gasteiger partial charge in [-0.15, -0.1) is 0 Å². The minimum atomic E-state index is -3.56. The lowest BCUT2D eigenvalue weighted by molar-refractivity contribution is 0.275. The molecule has 1 aromatic rings. The van der Waals surface area contributed by atoms with Crippen LogP contribution in [0.5, 0.6) is 5.75 Å². The molecule has 0 saturated carbocycles. The predicted molar refractivity (Wildman–Crippen MR) is 111 cm³/mol. The summed E-state index contributed by atoms with van der Waals surface area (Å²) in [6, 6.07) is 8.25. The van der Waals surface area contributed by atoms with Gasteiger partial charge in [-0.05, 0) is 43.6 Å². The van der Waals surface area contributed by atoms with Crippen LogP contribution in [-0.2, 0) is 16.8 Å². The van der Waals surface area contributed by atoms with Crippen molar-refractivity contribution in [3.05, 3.63) is 29.8 Å². The van der Waals surface area contributed by atoms with Crippen LogP contribution in [0.15, 0.2) is 34.3 Å². The van der Waals surface area contributed by atoms with Crippen molar-refractivity contribution in [1.82, 2.24) is 14.3 Å². The number of ether oxygens (including phenoxy) is 1. The maximum Gasteiger partial charge on any atom is 0.324 e. The molecule has 1 aromatic carbocycles. The number of benzene rings is 1. The van der Waals surface area contributed by atoms with E-state index < -0.39 is 10.2 Å². The minimum Gasteiger partial charge on any atom is -0.494 e. The highest BCUT2D eigenvalue weighted by Crippen LogP contribution is 2.17. The summed E-state index contributed by atoms with van der Waals surface area (Å²) in [7, 11) is -2.04. The lowest BCUT2D eigenvalue weighted by Crippen LogP contribution is -2.24. The molecule has 2 aliphatic heterocycles. The van der Waals surface area contributed by atoms with Gasteiger partial charge in [-0.2, -0.15) is 8.42 Å². The van der Waals surface area contributed by atoms with E-state index in [9.17, 15) is 8.42 Å². The largest absolute Gasteiger partial charge is 0.494 e. The molecule has 9 heteroatoms. The Kier molecular flexibility index (Phi) is 7.27. The second-order valence-corrected chi connectivity index (χ2v) is 8.47. The van der Waals surface area contributed by atoms with E-state index >= 15 is 0 Å². The SMILES string of the molecule is CN=C1NS(=O)(=O)NC1=NCCCOc1cccc(CN2CCCCCC2)c1. The van der Waals surface area contributed by atoms with Crippen LogP contribution >= 0.6 is 0 Å². The van der Waals surface area contributed by atoms with Crippen LogP contribution in [0.3, 0.4) is 0 Å². The molecule has 2 N–H and O–H groups in total. The lowest BCUT2D eigenvalue weighted by atomic mass is 10.2. The van der Waals surface area contributed by atoms with Gasteiger partial charge < -0.3 is 4.74 Å². The molecule has 28 heavy (non-hydrogen) atoms. The Balaban J connectivity index is 1.44. The van der Waals surface area contributed by atoms with Crippen molar-refractivity contribution in [2.24, 2.45) is 9.98 Å². The Bertz CT molecular complexity index is 815. The Morgan fingerprint density at radius 3 is 2.61 bits per heavy atom. The number of hydrogen-bond donors (Lipinski definition) is 2. The molecule has 0 radical (unpaired) electrons. The maximum absolute atomic E-state index is 11.5. The highest BCUT2D eigenvalue weighted by molar-refractivity contribution is 7.89. The third-order valence-corrected chi connectivity index (χ3v) is 5.68. The first kappa shape index (κ1) is 20.6. The fraction of sp³-hybridized carbons (Fsp3) is 0.579. The Hall–Kier alpha value is -2.13. The van der Waals surface area contributed by atoms with Gasteiger partial charge in [0.05, 0.1) is 6.61 Å². The van der Waals surface area contributed by atoms with E-state index in [-0.39, 0.29) is 11.7 Å². The first-order valence-corrected chi connectivity index (χ1v) is 11.3. The average Bonchev–Trinajstić information content (AvgIpc) is 2.82. The molecule has 3 rings (SSSR count). The van der Waals surface area contributed by atoms with Crippen LogP contribution in [0, 0.1) is 0 Å². The van der Waals surface area contributed by atoms with E-state index in [4.69, 9.17) is 4.74 Å². The van der Waals surface area contributed by atoms with E-state index in [1.54, 1.807) is 0 Å². The fourth-order valence-electron chi connectivity index (χ4n) is 3.37. The second-order valence-electron chi connectivity index (χ2n) is 7.05. The second kappa shape index (κ2) is 9.88. The van der Waals surface area contributed by atoms with Crippen molar-refractivity contribution in [1.29, 1.82) is 0 Å². The molecular formula is C19H29N5O3S. The average molecular weight is 408 g/mol. The molecule has 2 fully saturated rings. The quantitative estimate of drug-likeness (QED) is 0.673. The van der Waals surface area contributed by atoms with E-state index in [2.05, 4.69) is 36.5 Å². The third kappa shape index (κ3) is 6.20. The normalized spacial score (nSPS) is 22.6. The first-order chi connectivity index (χ1) is 13.6. The van der Waals surface area contributed by atoms with Crippen molar-refractivity contribution >= 4 is 21.9 Å². The van der Waals surface area contributed by atoms with Crippen LogP contribution in [0.25, 0.3) is 0 Å². The molecule has 0 bridgehead atoms. The third-order valence-electron chi connectivity index (χ3n) is 4.75. The fourth-order valence-corrected chi connectivity index (χ4v) is 4.28. The summed E-state index contributed by atoms with van der Waals surface area (Å²) in [5.74, 6) is 1.35. The van der Waals surface area contributed by atoms with Gasteiger partial charge in [0, 0.05) is 26.6 Å². The first-order valence-electron chi connectivity index (χ1n) is 9.82. The monoisotopic (exact) mass is 407 g/mol. The summed E-state index contributed by atoms with van der Waals surface area (Å²) in [4.78, 5) is 10.6. The molecule has 2 aliphatic rings. The van der Waals surface area contributed by atoms with Gasteiger partial charge in [0.2, 0.25) is 0 Å². The smallest absolute Gasteiger partial charge is 0.324 e. The zero-order chi connectivity index (χ0) is 19.8. The number of aliphatic imine (C=N–C) groups is 2. The summed E-state index contributed by atoms with van der Waals surface area (Å²) in [6.45, 7) is 4.28. The molecule has 0 unspecified atom stereocenters. The summed E-state index contributed by atoms with van der Waals surface area (Å²) in [5.41, 5.74) is 1.27. The highest BCUT2D eigenvalue weighted by Gasteiger charge is 2.27. The molecule has 0 spiro atoms. The minimum absolute atomic E-state index is 0.238. The molecule has 8 nitrogen and oxygen atoms in total. The van der Waals surface area contributed by atoms with E-state index in [0.717, 1.165) is 12.3 Å². The van der Waals surface area contributed by atoms with Crippen molar-refractivity contribution in [2.45, 2.75) is 38.6 Å². The van der Waals surface area contributed by atoms with Crippen LogP contribution in [0.2, 0.25) is 0 Å². The van der Waals surface area contributed by atoms with E-state index in [1.807, 2.05) is 12.1 Å². The van der Waals surface area contributed by atoms with Gasteiger partial charge in [-0.25, -0.2) is 9.44 Å². The number of nitrogens with one attached hydrogen (secondary N) is 2. The molecule has 2 saturated heterocycles. The Labute approximate surface area is 167 Å².